The van der Waals surface area contributed by atoms with Gasteiger partial charge >= 0.3 is 0 Å². The molecule has 1 fully saturated rings. The summed E-state index contributed by atoms with van der Waals surface area (Å²) in [5, 5.41) is 3.61. The molecule has 2 heterocycles. The molecule has 2 N–H and O–H groups in total. The van der Waals surface area contributed by atoms with Gasteiger partial charge in [0.25, 0.3) is 5.91 Å². The van der Waals surface area contributed by atoms with Crippen molar-refractivity contribution < 1.29 is 18.7 Å². The number of ether oxygens (including phenoxy) is 2. The number of benzene rings is 1. The average molecular weight is 306 g/mol. The molecule has 0 bridgehead atoms. The van der Waals surface area contributed by atoms with E-state index in [1.54, 1.807) is 12.1 Å². The lowest BCUT2D eigenvalue weighted by Crippen LogP contribution is -2.48. The van der Waals surface area contributed by atoms with Gasteiger partial charge in [-0.15, -0.1) is 0 Å². The summed E-state index contributed by atoms with van der Waals surface area (Å²) in [7, 11) is 0. The van der Waals surface area contributed by atoms with Crippen molar-refractivity contribution in [2.45, 2.75) is 25.6 Å². The van der Waals surface area contributed by atoms with Gasteiger partial charge in [0.2, 0.25) is 0 Å². The number of H-pyrrole nitrogens is 1. The minimum Gasteiger partial charge on any atom is -0.376 e. The molecule has 0 radical (unpaired) electrons. The van der Waals surface area contributed by atoms with Crippen LogP contribution in [0, 0.1) is 5.82 Å². The highest BCUT2D eigenvalue weighted by Crippen LogP contribution is 2.19. The van der Waals surface area contributed by atoms with E-state index in [0.29, 0.717) is 31.0 Å². The van der Waals surface area contributed by atoms with Crippen molar-refractivity contribution in [3.63, 3.8) is 0 Å². The van der Waals surface area contributed by atoms with E-state index in [2.05, 4.69) is 10.3 Å². The van der Waals surface area contributed by atoms with Crippen LogP contribution in [0.5, 0.6) is 0 Å². The molecule has 1 aliphatic heterocycles. The number of rotatable bonds is 3. The molecule has 1 amide bonds. The Balaban J connectivity index is 1.63. The van der Waals surface area contributed by atoms with E-state index in [-0.39, 0.29) is 23.4 Å². The first-order valence-corrected chi connectivity index (χ1v) is 7.25. The first-order chi connectivity index (χ1) is 10.4. The third kappa shape index (κ3) is 3.28. The maximum atomic E-state index is 13.2. The molecule has 6 heteroatoms. The zero-order valence-electron chi connectivity index (χ0n) is 12.6. The van der Waals surface area contributed by atoms with Gasteiger partial charge in [-0.3, -0.25) is 4.79 Å². The number of hydrogen-bond acceptors (Lipinski definition) is 3. The van der Waals surface area contributed by atoms with Gasteiger partial charge in [-0.25, -0.2) is 4.39 Å². The summed E-state index contributed by atoms with van der Waals surface area (Å²) in [6.45, 7) is 5.28. The molecular formula is C16H19FN2O3. The molecule has 1 unspecified atom stereocenters. The fraction of sp³-hybridized carbons (Fsp3) is 0.438. The van der Waals surface area contributed by atoms with E-state index in [0.717, 1.165) is 5.39 Å². The van der Waals surface area contributed by atoms with Gasteiger partial charge in [-0.05, 0) is 38.1 Å². The Hall–Kier alpha value is -1.92. The quantitative estimate of drug-likeness (QED) is 0.914. The number of aromatic nitrogens is 1. The van der Waals surface area contributed by atoms with Gasteiger partial charge in [-0.1, -0.05) is 0 Å². The number of amides is 1. The second-order valence-corrected chi connectivity index (χ2v) is 6.14. The highest BCUT2D eigenvalue weighted by Gasteiger charge is 2.29. The Kier molecular flexibility index (Phi) is 3.88. The summed E-state index contributed by atoms with van der Waals surface area (Å²) in [5.74, 6) is -0.583. The number of fused-ring (bicyclic) bond motifs is 1. The van der Waals surface area contributed by atoms with Gasteiger partial charge in [0.1, 0.15) is 11.5 Å². The van der Waals surface area contributed by atoms with Crippen LogP contribution in [0.15, 0.2) is 24.3 Å². The molecule has 118 valence electrons. The topological polar surface area (TPSA) is 63.3 Å². The normalized spacial score (nSPS) is 21.0. The molecule has 1 aliphatic rings. The van der Waals surface area contributed by atoms with Crippen LogP contribution in [-0.2, 0) is 9.47 Å². The molecule has 1 saturated heterocycles. The van der Waals surface area contributed by atoms with Crippen molar-refractivity contribution in [3.8, 4) is 0 Å². The predicted octanol–water partition coefficient (Wildman–Crippen LogP) is 2.23. The van der Waals surface area contributed by atoms with Gasteiger partial charge in [-0.2, -0.15) is 0 Å². The fourth-order valence-electron chi connectivity index (χ4n) is 2.58. The lowest BCUT2D eigenvalue weighted by atomic mass is 10.1. The van der Waals surface area contributed by atoms with E-state index in [1.807, 2.05) is 13.8 Å². The smallest absolute Gasteiger partial charge is 0.267 e. The van der Waals surface area contributed by atoms with Crippen molar-refractivity contribution in [2.75, 3.05) is 19.8 Å². The number of nitrogens with one attached hydrogen (secondary N) is 2. The molecule has 5 nitrogen and oxygen atoms in total. The van der Waals surface area contributed by atoms with Gasteiger partial charge in [0.05, 0.1) is 24.9 Å². The minimum absolute atomic E-state index is 0.172. The summed E-state index contributed by atoms with van der Waals surface area (Å²) >= 11 is 0. The van der Waals surface area contributed by atoms with Crippen molar-refractivity contribution >= 4 is 16.8 Å². The third-order valence-corrected chi connectivity index (χ3v) is 3.56. The zero-order valence-corrected chi connectivity index (χ0v) is 12.6. The van der Waals surface area contributed by atoms with Crippen LogP contribution in [0.25, 0.3) is 10.9 Å². The van der Waals surface area contributed by atoms with Crippen molar-refractivity contribution in [1.29, 1.82) is 0 Å². The van der Waals surface area contributed by atoms with Crippen LogP contribution in [0.1, 0.15) is 24.3 Å². The molecule has 1 atom stereocenters. The monoisotopic (exact) mass is 306 g/mol. The van der Waals surface area contributed by atoms with Gasteiger partial charge < -0.3 is 19.8 Å². The van der Waals surface area contributed by atoms with Crippen LogP contribution in [0.4, 0.5) is 4.39 Å². The number of aromatic amines is 1. The maximum Gasteiger partial charge on any atom is 0.267 e. The molecule has 2 aromatic rings. The largest absolute Gasteiger partial charge is 0.376 e. The highest BCUT2D eigenvalue weighted by molar-refractivity contribution is 5.98. The standard InChI is InChI=1S/C16H19FN2O3/c1-16(2)9-21-8-12(22-16)7-18-15(20)14-5-10-3-4-11(17)6-13(10)19-14/h3-6,12,19H,7-9H2,1-2H3,(H,18,20). The molecule has 3 rings (SSSR count). The van der Waals surface area contributed by atoms with Gasteiger partial charge in [0, 0.05) is 17.4 Å². The van der Waals surface area contributed by atoms with Crippen molar-refractivity contribution in [3.05, 3.63) is 35.8 Å². The van der Waals surface area contributed by atoms with Crippen LogP contribution in [0.2, 0.25) is 0 Å². The predicted molar refractivity (Wildman–Crippen MR) is 80.4 cm³/mol. The first kappa shape index (κ1) is 15.0. The third-order valence-electron chi connectivity index (χ3n) is 3.56. The van der Waals surface area contributed by atoms with E-state index in [1.165, 1.54) is 12.1 Å². The minimum atomic E-state index is -0.341. The Morgan fingerprint density at radius 1 is 1.45 bits per heavy atom. The van der Waals surface area contributed by atoms with Crippen LogP contribution in [-0.4, -0.2) is 42.4 Å². The zero-order chi connectivity index (χ0) is 15.7. The molecular weight excluding hydrogens is 287 g/mol. The molecule has 22 heavy (non-hydrogen) atoms. The van der Waals surface area contributed by atoms with E-state index in [4.69, 9.17) is 9.47 Å². The number of hydrogen-bond donors (Lipinski definition) is 2. The summed E-state index contributed by atoms with van der Waals surface area (Å²) in [6.07, 6.45) is -0.172. The average Bonchev–Trinajstić information content (AvgIpc) is 2.86. The van der Waals surface area contributed by atoms with Crippen LogP contribution < -0.4 is 5.32 Å². The molecule has 0 saturated carbocycles. The van der Waals surface area contributed by atoms with Crippen molar-refractivity contribution in [1.82, 2.24) is 10.3 Å². The molecule has 0 aliphatic carbocycles. The van der Waals surface area contributed by atoms with E-state index >= 15 is 0 Å². The molecule has 1 aromatic carbocycles. The maximum absolute atomic E-state index is 13.2. The number of carbonyl (C=O) groups is 1. The Labute approximate surface area is 127 Å². The Bertz CT molecular complexity index is 696. The lowest BCUT2D eigenvalue weighted by molar-refractivity contribution is -0.179. The summed E-state index contributed by atoms with van der Waals surface area (Å²) < 4.78 is 24.5. The van der Waals surface area contributed by atoms with Gasteiger partial charge in [0.15, 0.2) is 0 Å². The summed E-state index contributed by atoms with van der Waals surface area (Å²) in [5.41, 5.74) is 0.659. The molecule has 0 spiro atoms. The Morgan fingerprint density at radius 3 is 3.05 bits per heavy atom. The SMILES string of the molecule is CC1(C)COCC(CNC(=O)c2cc3ccc(F)cc3[nH]2)O1. The number of carbonyl (C=O) groups excluding carboxylic acids is 1. The van der Waals surface area contributed by atoms with E-state index < -0.39 is 0 Å². The highest BCUT2D eigenvalue weighted by atomic mass is 19.1. The van der Waals surface area contributed by atoms with Crippen LogP contribution >= 0.6 is 0 Å². The summed E-state index contributed by atoms with van der Waals surface area (Å²) in [6, 6.07) is 6.07. The number of halogens is 1. The first-order valence-electron chi connectivity index (χ1n) is 7.25. The second-order valence-electron chi connectivity index (χ2n) is 6.14. The summed E-state index contributed by atoms with van der Waals surface area (Å²) in [4.78, 5) is 15.1. The van der Waals surface area contributed by atoms with E-state index in [9.17, 15) is 9.18 Å². The van der Waals surface area contributed by atoms with Crippen molar-refractivity contribution in [2.24, 2.45) is 0 Å². The van der Waals surface area contributed by atoms with Crippen LogP contribution in [0.3, 0.4) is 0 Å². The Morgan fingerprint density at radius 2 is 2.27 bits per heavy atom. The fourth-order valence-corrected chi connectivity index (χ4v) is 2.58. The molecule has 1 aromatic heterocycles. The second kappa shape index (κ2) is 5.70. The lowest BCUT2D eigenvalue weighted by Gasteiger charge is -2.35.